The Morgan fingerprint density at radius 3 is 2.69 bits per heavy atom. The minimum absolute atomic E-state index is 0.0536. The van der Waals surface area contributed by atoms with Gasteiger partial charge < -0.3 is 14.8 Å². The molecule has 1 aliphatic carbocycles. The molecule has 0 spiro atoms. The van der Waals surface area contributed by atoms with Crippen molar-refractivity contribution in [1.29, 1.82) is 0 Å². The van der Waals surface area contributed by atoms with Crippen molar-refractivity contribution in [2.45, 2.75) is 81.8 Å². The van der Waals surface area contributed by atoms with Crippen LogP contribution < -0.4 is 10.1 Å². The molecule has 7 nitrogen and oxygen atoms in total. The van der Waals surface area contributed by atoms with E-state index in [1.165, 1.54) is 18.2 Å². The van der Waals surface area contributed by atoms with Crippen molar-refractivity contribution >= 4 is 35.3 Å². The zero-order valence-electron chi connectivity index (χ0n) is 22.5. The van der Waals surface area contributed by atoms with E-state index in [1.54, 1.807) is 4.68 Å². The molecule has 9 heteroatoms. The van der Waals surface area contributed by atoms with Crippen LogP contribution >= 0.6 is 23.4 Å². The zero-order chi connectivity index (χ0) is 27.2. The Morgan fingerprint density at radius 2 is 1.90 bits per heavy atom. The minimum atomic E-state index is -0.530. The molecule has 0 amide bonds. The van der Waals surface area contributed by atoms with E-state index in [0.29, 0.717) is 39.8 Å². The van der Waals surface area contributed by atoms with E-state index in [1.807, 2.05) is 55.5 Å². The van der Waals surface area contributed by atoms with E-state index in [0.717, 1.165) is 55.4 Å². The fraction of sp³-hybridized carbons (Fsp3) is 0.433. The molecule has 1 saturated carbocycles. The van der Waals surface area contributed by atoms with Gasteiger partial charge in [-0.2, -0.15) is 4.98 Å². The fourth-order valence-corrected chi connectivity index (χ4v) is 6.18. The lowest BCUT2D eigenvalue weighted by Crippen LogP contribution is -2.32. The third kappa shape index (κ3) is 6.44. The molecule has 39 heavy (non-hydrogen) atoms. The molecule has 2 aromatic carbocycles. The molecule has 1 N–H and O–H groups in total. The van der Waals surface area contributed by atoms with Crippen LogP contribution in [0.5, 0.6) is 5.75 Å². The van der Waals surface area contributed by atoms with E-state index >= 15 is 0 Å². The van der Waals surface area contributed by atoms with Crippen molar-refractivity contribution in [3.63, 3.8) is 0 Å². The van der Waals surface area contributed by atoms with Crippen molar-refractivity contribution in [1.82, 2.24) is 14.8 Å². The van der Waals surface area contributed by atoms with E-state index < -0.39 is 6.04 Å². The largest absolute Gasteiger partial charge is 0.493 e. The van der Waals surface area contributed by atoms with E-state index in [9.17, 15) is 4.79 Å². The molecule has 5 rings (SSSR count). The van der Waals surface area contributed by atoms with E-state index in [-0.39, 0.29) is 12.1 Å². The number of nitrogens with zero attached hydrogens (tertiary/aromatic N) is 3. The molecule has 206 valence electrons. The number of carbonyl (C=O) groups excluding carboxylic acids is 1. The number of esters is 1. The Kier molecular flexibility index (Phi) is 9.14. The van der Waals surface area contributed by atoms with Crippen LogP contribution in [0.15, 0.2) is 65.0 Å². The van der Waals surface area contributed by atoms with Gasteiger partial charge in [-0.1, -0.05) is 79.5 Å². The number of rotatable bonds is 10. The number of unbranched alkanes of at least 4 members (excludes halogenated alkanes) is 1. The summed E-state index contributed by atoms with van der Waals surface area (Å²) in [5, 5.41) is 9.50. The van der Waals surface area contributed by atoms with Gasteiger partial charge in [-0.3, -0.25) is 0 Å². The molecular formula is C30H35ClN4O3S. The van der Waals surface area contributed by atoms with Gasteiger partial charge >= 0.3 is 5.97 Å². The number of para-hydroxylation sites is 1. The third-order valence-corrected chi connectivity index (χ3v) is 8.42. The molecule has 1 fully saturated rings. The number of ether oxygens (including phenoxy) is 2. The summed E-state index contributed by atoms with van der Waals surface area (Å²) in [6, 6.07) is 15.1. The van der Waals surface area contributed by atoms with Crippen molar-refractivity contribution in [2.24, 2.45) is 0 Å². The standard InChI is InChI=1S/C30H35ClN4O3S/c1-3-4-18-37-25-17-11-9-15-23(25)27-26(28(36)38-22-13-6-5-7-14-22)20(2)32-29-33-30(34-35(27)29)39-19-21-12-8-10-16-24(21)31/h8-12,15-17,22,27H,3-7,13-14,18-19H2,1-2H3,(H,32,33,34). The average molecular weight is 567 g/mol. The van der Waals surface area contributed by atoms with Gasteiger partial charge in [0.1, 0.15) is 17.9 Å². The number of allylic oxidation sites excluding steroid dienone is 1. The van der Waals surface area contributed by atoms with Gasteiger partial charge in [-0.15, -0.1) is 5.10 Å². The summed E-state index contributed by atoms with van der Waals surface area (Å²) in [6.45, 7) is 4.64. The topological polar surface area (TPSA) is 78.3 Å². The lowest BCUT2D eigenvalue weighted by atomic mass is 9.94. The Labute approximate surface area is 239 Å². The zero-order valence-corrected chi connectivity index (χ0v) is 24.1. The van der Waals surface area contributed by atoms with Crippen LogP contribution in [0.4, 0.5) is 5.95 Å². The molecule has 2 aliphatic rings. The van der Waals surface area contributed by atoms with Gasteiger partial charge in [0.15, 0.2) is 0 Å². The second kappa shape index (κ2) is 12.9. The number of hydrogen-bond acceptors (Lipinski definition) is 7. The molecule has 0 radical (unpaired) electrons. The first-order valence-corrected chi connectivity index (χ1v) is 15.1. The lowest BCUT2D eigenvalue weighted by molar-refractivity contribution is -0.146. The molecule has 2 heterocycles. The first-order valence-electron chi connectivity index (χ1n) is 13.8. The SMILES string of the molecule is CCCCOc1ccccc1C1C(C(=O)OC2CCCCC2)=C(C)Nc2nc(SCc3ccccc3Cl)nn21. The van der Waals surface area contributed by atoms with Crippen molar-refractivity contribution < 1.29 is 14.3 Å². The Balaban J connectivity index is 1.49. The number of anilines is 1. The highest BCUT2D eigenvalue weighted by atomic mass is 35.5. The first kappa shape index (κ1) is 27.6. The van der Waals surface area contributed by atoms with Crippen LogP contribution in [0.1, 0.15) is 76.0 Å². The number of fused-ring (bicyclic) bond motifs is 1. The smallest absolute Gasteiger partial charge is 0.338 e. The van der Waals surface area contributed by atoms with E-state index in [2.05, 4.69) is 12.2 Å². The number of thioether (sulfide) groups is 1. The van der Waals surface area contributed by atoms with Gasteiger partial charge in [0, 0.05) is 22.0 Å². The lowest BCUT2D eigenvalue weighted by Gasteiger charge is -2.30. The summed E-state index contributed by atoms with van der Waals surface area (Å²) in [6.07, 6.45) is 7.11. The average Bonchev–Trinajstić information content (AvgIpc) is 3.35. The molecule has 1 unspecified atom stereocenters. The third-order valence-electron chi connectivity index (χ3n) is 7.16. The van der Waals surface area contributed by atoms with Crippen LogP contribution in [0, 0.1) is 0 Å². The van der Waals surface area contributed by atoms with Crippen LogP contribution in [0.25, 0.3) is 0 Å². The summed E-state index contributed by atoms with van der Waals surface area (Å²) >= 11 is 7.88. The summed E-state index contributed by atoms with van der Waals surface area (Å²) in [5.41, 5.74) is 3.12. The molecule has 1 atom stereocenters. The Hall–Kier alpha value is -2.97. The molecule has 3 aromatic rings. The number of hydrogen-bond donors (Lipinski definition) is 1. The summed E-state index contributed by atoms with van der Waals surface area (Å²) in [7, 11) is 0. The predicted molar refractivity (Wildman–Crippen MR) is 155 cm³/mol. The quantitative estimate of drug-likeness (QED) is 0.154. The number of aromatic nitrogens is 3. The first-order chi connectivity index (χ1) is 19.0. The fourth-order valence-electron chi connectivity index (χ4n) is 5.06. The highest BCUT2D eigenvalue weighted by Gasteiger charge is 2.37. The van der Waals surface area contributed by atoms with Crippen molar-refractivity contribution in [3.05, 3.63) is 76.0 Å². The predicted octanol–water partition coefficient (Wildman–Crippen LogP) is 7.57. The maximum Gasteiger partial charge on any atom is 0.338 e. The number of carbonyl (C=O) groups is 1. The molecule has 1 aliphatic heterocycles. The molecular weight excluding hydrogens is 532 g/mol. The van der Waals surface area contributed by atoms with Crippen molar-refractivity contribution in [3.8, 4) is 5.75 Å². The normalized spacial score (nSPS) is 17.5. The van der Waals surface area contributed by atoms with Crippen molar-refractivity contribution in [2.75, 3.05) is 11.9 Å². The van der Waals surface area contributed by atoms with Crippen LogP contribution in [0.2, 0.25) is 5.02 Å². The Morgan fingerprint density at radius 1 is 1.13 bits per heavy atom. The maximum atomic E-state index is 13.8. The molecule has 0 bridgehead atoms. The van der Waals surface area contributed by atoms with Gasteiger partial charge in [0.2, 0.25) is 11.1 Å². The van der Waals surface area contributed by atoms with Gasteiger partial charge in [-0.25, -0.2) is 9.48 Å². The van der Waals surface area contributed by atoms with Gasteiger partial charge in [0.05, 0.1) is 12.2 Å². The second-order valence-electron chi connectivity index (χ2n) is 10.0. The van der Waals surface area contributed by atoms with Crippen LogP contribution in [-0.4, -0.2) is 33.4 Å². The Bertz CT molecular complexity index is 1340. The summed E-state index contributed by atoms with van der Waals surface area (Å²) < 4.78 is 14.1. The second-order valence-corrected chi connectivity index (χ2v) is 11.4. The van der Waals surface area contributed by atoms with Gasteiger partial charge in [0.25, 0.3) is 0 Å². The minimum Gasteiger partial charge on any atom is -0.493 e. The monoisotopic (exact) mass is 566 g/mol. The highest BCUT2D eigenvalue weighted by molar-refractivity contribution is 7.98. The maximum absolute atomic E-state index is 13.8. The summed E-state index contributed by atoms with van der Waals surface area (Å²) in [5.74, 6) is 1.64. The highest BCUT2D eigenvalue weighted by Crippen LogP contribution is 2.41. The van der Waals surface area contributed by atoms with Gasteiger partial charge in [-0.05, 0) is 56.7 Å². The molecule has 1 aromatic heterocycles. The summed E-state index contributed by atoms with van der Waals surface area (Å²) in [4.78, 5) is 18.5. The number of halogens is 1. The molecule has 0 saturated heterocycles. The number of benzene rings is 2. The van der Waals surface area contributed by atoms with Crippen LogP contribution in [0.3, 0.4) is 0 Å². The van der Waals surface area contributed by atoms with E-state index in [4.69, 9.17) is 31.2 Å². The van der Waals surface area contributed by atoms with Crippen LogP contribution in [-0.2, 0) is 15.3 Å². The number of nitrogens with one attached hydrogen (secondary N) is 1.